The van der Waals surface area contributed by atoms with Crippen molar-refractivity contribution < 1.29 is 35.9 Å². The molecule has 0 heterocycles. The minimum Gasteiger partial charge on any atom is -0.497 e. The van der Waals surface area contributed by atoms with Crippen LogP contribution in [0.25, 0.3) is 0 Å². The van der Waals surface area contributed by atoms with Crippen LogP contribution in [0.5, 0.6) is 5.75 Å². The van der Waals surface area contributed by atoms with Crippen molar-refractivity contribution in [3.63, 3.8) is 0 Å². The van der Waals surface area contributed by atoms with Crippen molar-refractivity contribution in [1.29, 1.82) is 0 Å². The largest absolute Gasteiger partial charge is 0.497 e. The highest BCUT2D eigenvalue weighted by Gasteiger charge is 2.37. The maximum atomic E-state index is 14.2. The van der Waals surface area contributed by atoms with E-state index in [1.807, 2.05) is 0 Å². The van der Waals surface area contributed by atoms with Gasteiger partial charge in [0.05, 0.1) is 28.3 Å². The molecule has 0 saturated heterocycles. The van der Waals surface area contributed by atoms with Crippen molar-refractivity contribution in [1.82, 2.24) is 10.2 Å². The van der Waals surface area contributed by atoms with Crippen molar-refractivity contribution in [2.45, 2.75) is 68.7 Å². The molecule has 0 unspecified atom stereocenters. The molecule has 1 N–H and O–H groups in total. The van der Waals surface area contributed by atoms with E-state index in [1.54, 1.807) is 37.3 Å². The third-order valence-electron chi connectivity index (χ3n) is 7.75. The molecule has 1 aliphatic carbocycles. The van der Waals surface area contributed by atoms with Crippen LogP contribution in [-0.2, 0) is 32.3 Å². The molecule has 2 amide bonds. The first-order valence-electron chi connectivity index (χ1n) is 14.5. The molecule has 1 saturated carbocycles. The van der Waals surface area contributed by atoms with Gasteiger partial charge in [-0.2, -0.15) is 13.2 Å². The van der Waals surface area contributed by atoms with Gasteiger partial charge in [0.1, 0.15) is 18.3 Å². The molecule has 1 fully saturated rings. The summed E-state index contributed by atoms with van der Waals surface area (Å²) in [6.45, 7) is 0.799. The van der Waals surface area contributed by atoms with Gasteiger partial charge in [0, 0.05) is 12.6 Å². The Hall–Kier alpha value is -3.77. The third-order valence-corrected chi connectivity index (χ3v) is 9.87. The number of ether oxygens (including phenoxy) is 1. The second-order valence-electron chi connectivity index (χ2n) is 10.8. The second-order valence-corrected chi connectivity index (χ2v) is 13.0. The van der Waals surface area contributed by atoms with Gasteiger partial charge in [-0.3, -0.25) is 13.9 Å². The van der Waals surface area contributed by atoms with E-state index in [0.29, 0.717) is 21.7 Å². The minimum absolute atomic E-state index is 0.0331. The number of carbonyl (C=O) groups is 2. The number of amides is 2. The van der Waals surface area contributed by atoms with Crippen LogP contribution in [0.3, 0.4) is 0 Å². The van der Waals surface area contributed by atoms with Gasteiger partial charge in [-0.25, -0.2) is 8.42 Å². The summed E-state index contributed by atoms with van der Waals surface area (Å²) in [5, 5.41) is 2.40. The van der Waals surface area contributed by atoms with Gasteiger partial charge in [0.2, 0.25) is 11.8 Å². The number of rotatable bonds is 12. The molecule has 0 aliphatic heterocycles. The first-order valence-corrected chi connectivity index (χ1v) is 16.3. The molecule has 0 aromatic heterocycles. The molecule has 13 heteroatoms. The van der Waals surface area contributed by atoms with Crippen LogP contribution in [0, 0.1) is 0 Å². The molecular formula is C32H35ClF3N3O5S. The molecular weight excluding hydrogens is 631 g/mol. The second kappa shape index (κ2) is 14.6. The summed E-state index contributed by atoms with van der Waals surface area (Å²) in [6, 6.07) is 15.6. The molecule has 8 nitrogen and oxygen atoms in total. The molecule has 0 spiro atoms. The first-order chi connectivity index (χ1) is 21.3. The van der Waals surface area contributed by atoms with E-state index < -0.39 is 51.0 Å². The topological polar surface area (TPSA) is 96.0 Å². The Kier molecular flexibility index (Phi) is 11.0. The van der Waals surface area contributed by atoms with Gasteiger partial charge < -0.3 is 15.0 Å². The summed E-state index contributed by atoms with van der Waals surface area (Å²) in [6.07, 6.45) is -1.09. The third kappa shape index (κ3) is 8.29. The van der Waals surface area contributed by atoms with Gasteiger partial charge in [-0.15, -0.1) is 0 Å². The van der Waals surface area contributed by atoms with Crippen LogP contribution >= 0.6 is 11.6 Å². The number of hydrogen-bond acceptors (Lipinski definition) is 5. The van der Waals surface area contributed by atoms with Crippen LogP contribution in [-0.4, -0.2) is 50.9 Å². The summed E-state index contributed by atoms with van der Waals surface area (Å²) >= 11 is 5.83. The van der Waals surface area contributed by atoms with Crippen molar-refractivity contribution in [2.75, 3.05) is 18.0 Å². The maximum Gasteiger partial charge on any atom is 0.417 e. The molecule has 1 atom stereocenters. The number of anilines is 1. The predicted octanol–water partition coefficient (Wildman–Crippen LogP) is 6.43. The first kappa shape index (κ1) is 34.1. The summed E-state index contributed by atoms with van der Waals surface area (Å²) in [5.41, 5.74) is -1.02. The van der Waals surface area contributed by atoms with Gasteiger partial charge >= 0.3 is 6.18 Å². The number of nitrogens with zero attached hydrogens (tertiary/aromatic N) is 2. The highest BCUT2D eigenvalue weighted by atomic mass is 35.5. The van der Waals surface area contributed by atoms with Crippen LogP contribution in [0.1, 0.15) is 50.2 Å². The summed E-state index contributed by atoms with van der Waals surface area (Å²) in [5.74, 6) is -0.581. The van der Waals surface area contributed by atoms with Crippen LogP contribution < -0.4 is 14.4 Å². The number of halogens is 4. The van der Waals surface area contributed by atoms with E-state index in [2.05, 4.69) is 5.32 Å². The van der Waals surface area contributed by atoms with Gasteiger partial charge in [-0.05, 0) is 67.3 Å². The fourth-order valence-electron chi connectivity index (χ4n) is 5.35. The lowest BCUT2D eigenvalue weighted by atomic mass is 10.1. The van der Waals surface area contributed by atoms with Crippen molar-refractivity contribution in [3.05, 3.63) is 88.9 Å². The Morgan fingerprint density at radius 2 is 1.67 bits per heavy atom. The Morgan fingerprint density at radius 3 is 2.24 bits per heavy atom. The number of benzene rings is 3. The molecule has 4 rings (SSSR count). The minimum atomic E-state index is -4.88. The number of alkyl halides is 3. The lowest BCUT2D eigenvalue weighted by Crippen LogP contribution is -2.53. The quantitative estimate of drug-likeness (QED) is 0.241. The normalized spacial score (nSPS) is 14.5. The molecule has 3 aromatic rings. The average Bonchev–Trinajstić information content (AvgIpc) is 3.53. The van der Waals surface area contributed by atoms with Crippen molar-refractivity contribution in [3.8, 4) is 5.75 Å². The monoisotopic (exact) mass is 665 g/mol. The van der Waals surface area contributed by atoms with Crippen LogP contribution in [0.4, 0.5) is 18.9 Å². The summed E-state index contributed by atoms with van der Waals surface area (Å²) < 4.78 is 75.2. The molecule has 242 valence electrons. The zero-order valence-electron chi connectivity index (χ0n) is 24.9. The SMILES string of the molecule is CC[C@H](C(=O)NC1CCCC1)N(Cc1ccc(OC)cc1)C(=O)CN(c1ccc(Cl)c(C(F)(F)F)c1)S(=O)(=O)c1ccccc1. The van der Waals surface area contributed by atoms with E-state index in [4.69, 9.17) is 16.3 Å². The van der Waals surface area contributed by atoms with E-state index in [0.717, 1.165) is 37.8 Å². The Labute approximate surface area is 266 Å². The standard InChI is InChI=1S/C32H35ClF3N3O5S/c1-3-29(31(41)37-23-9-7-8-10-23)38(20-22-13-16-25(44-2)17-14-22)30(40)21-39(45(42,43)26-11-5-4-6-12-26)24-15-18-28(33)27(19-24)32(34,35)36/h4-6,11-19,23,29H,3,7-10,20-21H2,1-2H3,(H,37,41)/t29-/m1/s1. The number of methoxy groups -OCH3 is 1. The van der Waals surface area contributed by atoms with E-state index in [9.17, 15) is 31.2 Å². The predicted molar refractivity (Wildman–Crippen MR) is 165 cm³/mol. The maximum absolute atomic E-state index is 14.2. The van der Waals surface area contributed by atoms with Crippen molar-refractivity contribution in [2.24, 2.45) is 0 Å². The average molecular weight is 666 g/mol. The van der Waals surface area contributed by atoms with E-state index in [-0.39, 0.29) is 29.8 Å². The number of carbonyl (C=O) groups excluding carboxylic acids is 2. The lowest BCUT2D eigenvalue weighted by Gasteiger charge is -2.34. The molecule has 0 radical (unpaired) electrons. The Morgan fingerprint density at radius 1 is 1.02 bits per heavy atom. The van der Waals surface area contributed by atoms with E-state index in [1.165, 1.54) is 36.3 Å². The fourth-order valence-corrected chi connectivity index (χ4v) is 7.00. The smallest absolute Gasteiger partial charge is 0.417 e. The van der Waals surface area contributed by atoms with Gasteiger partial charge in [-0.1, -0.05) is 61.7 Å². The number of sulfonamides is 1. The lowest BCUT2D eigenvalue weighted by molar-refractivity contribution is -0.140. The number of nitrogens with one attached hydrogen (secondary N) is 1. The number of hydrogen-bond donors (Lipinski definition) is 1. The zero-order valence-corrected chi connectivity index (χ0v) is 26.5. The Balaban J connectivity index is 1.77. The van der Waals surface area contributed by atoms with Crippen LogP contribution in [0.15, 0.2) is 77.7 Å². The van der Waals surface area contributed by atoms with E-state index >= 15 is 0 Å². The highest BCUT2D eigenvalue weighted by molar-refractivity contribution is 7.92. The summed E-state index contributed by atoms with van der Waals surface area (Å²) in [4.78, 5) is 28.8. The van der Waals surface area contributed by atoms with Crippen molar-refractivity contribution >= 4 is 39.1 Å². The van der Waals surface area contributed by atoms with Gasteiger partial charge in [0.25, 0.3) is 10.0 Å². The molecule has 1 aliphatic rings. The van der Waals surface area contributed by atoms with Crippen LogP contribution in [0.2, 0.25) is 5.02 Å². The Bertz CT molecular complexity index is 1580. The zero-order chi connectivity index (χ0) is 32.8. The summed E-state index contributed by atoms with van der Waals surface area (Å²) in [7, 11) is -3.04. The highest BCUT2D eigenvalue weighted by Crippen LogP contribution is 2.38. The molecule has 3 aromatic carbocycles. The fraction of sp³-hybridized carbons (Fsp3) is 0.375. The van der Waals surface area contributed by atoms with Gasteiger partial charge in [0.15, 0.2) is 0 Å². The molecule has 0 bridgehead atoms. The molecule has 45 heavy (non-hydrogen) atoms.